The largest absolute Gasteiger partial charge is 0.493 e. The van der Waals surface area contributed by atoms with E-state index in [0.717, 1.165) is 45.8 Å². The Labute approximate surface area is 242 Å². The van der Waals surface area contributed by atoms with E-state index in [0.29, 0.717) is 34.6 Å². The van der Waals surface area contributed by atoms with Crippen LogP contribution in [0, 0.1) is 13.8 Å². The predicted molar refractivity (Wildman–Crippen MR) is 160 cm³/mol. The molecule has 1 aliphatic rings. The monoisotopic (exact) mass is 581 g/mol. The van der Waals surface area contributed by atoms with Gasteiger partial charge < -0.3 is 19.3 Å². The first-order chi connectivity index (χ1) is 19.2. The molecule has 0 bridgehead atoms. The van der Waals surface area contributed by atoms with Crippen molar-refractivity contribution >= 4 is 21.7 Å². The average Bonchev–Trinajstić information content (AvgIpc) is 2.90. The summed E-state index contributed by atoms with van der Waals surface area (Å²) in [4.78, 5) is 12.8. The molecule has 220 valence electrons. The van der Waals surface area contributed by atoms with Crippen LogP contribution in [-0.4, -0.2) is 45.0 Å². The summed E-state index contributed by atoms with van der Waals surface area (Å²) in [6, 6.07) is 15.4. The van der Waals surface area contributed by atoms with Crippen LogP contribution in [0.15, 0.2) is 48.5 Å². The van der Waals surface area contributed by atoms with E-state index in [1.807, 2.05) is 55.5 Å². The Morgan fingerprint density at radius 2 is 1.78 bits per heavy atom. The lowest BCUT2D eigenvalue weighted by atomic mass is 9.85. The molecule has 0 aliphatic carbocycles. The van der Waals surface area contributed by atoms with Crippen molar-refractivity contribution in [3.8, 4) is 22.6 Å². The van der Waals surface area contributed by atoms with Gasteiger partial charge in [-0.15, -0.1) is 0 Å². The number of benzene rings is 3. The number of carboxylic acid groups (broad SMARTS) is 1. The van der Waals surface area contributed by atoms with Crippen molar-refractivity contribution in [2.24, 2.45) is 0 Å². The third-order valence-corrected chi connectivity index (χ3v) is 8.33. The number of carbonyl (C=O) groups is 1. The van der Waals surface area contributed by atoms with Crippen LogP contribution >= 0.6 is 0 Å². The first kappa shape index (κ1) is 30.4. The highest BCUT2D eigenvalue weighted by atomic mass is 32.2. The van der Waals surface area contributed by atoms with Crippen molar-refractivity contribution in [2.45, 2.75) is 65.8 Å². The lowest BCUT2D eigenvalue weighted by Gasteiger charge is -2.32. The highest BCUT2D eigenvalue weighted by Gasteiger charge is 2.36. The highest BCUT2D eigenvalue weighted by molar-refractivity contribution is 7.92. The van der Waals surface area contributed by atoms with Crippen molar-refractivity contribution in [1.29, 1.82) is 0 Å². The molecule has 0 amide bonds. The predicted octanol–water partition coefficient (Wildman–Crippen LogP) is 6.21. The molecule has 3 aromatic carbocycles. The van der Waals surface area contributed by atoms with Crippen LogP contribution in [0.5, 0.6) is 11.5 Å². The molecule has 1 atom stereocenters. The number of rotatable bonds is 9. The van der Waals surface area contributed by atoms with Gasteiger partial charge in [0.05, 0.1) is 24.2 Å². The van der Waals surface area contributed by atoms with Crippen molar-refractivity contribution in [3.05, 3.63) is 76.3 Å². The maximum Gasteiger partial charge on any atom is 0.337 e. The van der Waals surface area contributed by atoms with Crippen LogP contribution in [0.1, 0.15) is 61.1 Å². The van der Waals surface area contributed by atoms with E-state index < -0.39 is 27.7 Å². The minimum Gasteiger partial charge on any atom is -0.493 e. The Balaban J connectivity index is 2.07. The van der Waals surface area contributed by atoms with Gasteiger partial charge in [-0.3, -0.25) is 4.31 Å². The summed E-state index contributed by atoms with van der Waals surface area (Å²) in [5.41, 5.74) is 4.31. The van der Waals surface area contributed by atoms with Crippen molar-refractivity contribution < 1.29 is 32.5 Å². The first-order valence-electron chi connectivity index (χ1n) is 13.6. The van der Waals surface area contributed by atoms with Gasteiger partial charge in [0.25, 0.3) is 0 Å². The molecule has 41 heavy (non-hydrogen) atoms. The summed E-state index contributed by atoms with van der Waals surface area (Å²) < 4.78 is 45.3. The summed E-state index contributed by atoms with van der Waals surface area (Å²) in [5.74, 6) is 0.00779. The number of fused-ring (bicyclic) bond motifs is 1. The van der Waals surface area contributed by atoms with Gasteiger partial charge in [-0.05, 0) is 87.4 Å². The van der Waals surface area contributed by atoms with Gasteiger partial charge in [0.1, 0.15) is 18.1 Å². The first-order valence-corrected chi connectivity index (χ1v) is 15.5. The van der Waals surface area contributed by atoms with Crippen LogP contribution in [0.3, 0.4) is 0 Å². The normalized spacial score (nSPS) is 14.1. The third-order valence-electron chi connectivity index (χ3n) is 7.15. The fourth-order valence-electron chi connectivity index (χ4n) is 5.23. The number of carboxylic acids is 1. The van der Waals surface area contributed by atoms with Crippen molar-refractivity contribution in [2.75, 3.05) is 24.2 Å². The van der Waals surface area contributed by atoms with Gasteiger partial charge in [0.2, 0.25) is 10.0 Å². The molecule has 3 aromatic rings. The molecule has 4 rings (SSSR count). The van der Waals surface area contributed by atoms with Crippen molar-refractivity contribution in [3.63, 3.8) is 0 Å². The molecule has 0 saturated carbocycles. The highest BCUT2D eigenvalue weighted by Crippen LogP contribution is 2.49. The summed E-state index contributed by atoms with van der Waals surface area (Å²) >= 11 is 0. The standard InChI is InChI=1S/C32H39NO7S/c1-20-27(30(31(34)35)40-32(3,4)5)26(24-15-16-25-23(18-24)14-11-17-38-25)21(2)29(28(20)33(6)41(7,36)37)39-19-22-12-9-8-10-13-22/h8-10,12-13,15-16,18,30H,11,14,17,19H2,1-7H3,(H,34,35). The van der Waals surface area contributed by atoms with Crippen LogP contribution in [-0.2, 0) is 32.6 Å². The summed E-state index contributed by atoms with van der Waals surface area (Å²) in [6.45, 7) is 9.80. The SMILES string of the molecule is Cc1c(OCc2ccccc2)c(N(C)S(C)(=O)=O)c(C)c(C(OC(C)(C)C)C(=O)O)c1-c1ccc2c(c1)CCCO2. The number of aryl methyl sites for hydroxylation is 1. The molecular formula is C32H39NO7S. The Hall–Kier alpha value is -3.56. The third kappa shape index (κ3) is 6.68. The lowest BCUT2D eigenvalue weighted by Crippen LogP contribution is -2.30. The fraction of sp³-hybridized carbons (Fsp3) is 0.406. The van der Waals surface area contributed by atoms with Gasteiger partial charge in [0, 0.05) is 18.2 Å². The van der Waals surface area contributed by atoms with E-state index >= 15 is 0 Å². The van der Waals surface area contributed by atoms with Gasteiger partial charge in [-0.2, -0.15) is 0 Å². The zero-order chi connectivity index (χ0) is 30.1. The van der Waals surface area contributed by atoms with E-state index in [1.165, 1.54) is 7.05 Å². The maximum absolute atomic E-state index is 12.9. The molecule has 0 saturated heterocycles. The second-order valence-corrected chi connectivity index (χ2v) is 13.5. The Kier molecular flexibility index (Phi) is 8.70. The van der Waals surface area contributed by atoms with Crippen LogP contribution < -0.4 is 13.8 Å². The van der Waals surface area contributed by atoms with Gasteiger partial charge in [-0.1, -0.05) is 36.4 Å². The quantitative estimate of drug-likeness (QED) is 0.320. The second-order valence-electron chi connectivity index (χ2n) is 11.4. The van der Waals surface area contributed by atoms with E-state index in [9.17, 15) is 18.3 Å². The maximum atomic E-state index is 12.9. The fourth-order valence-corrected chi connectivity index (χ4v) is 5.78. The molecule has 1 unspecified atom stereocenters. The summed E-state index contributed by atoms with van der Waals surface area (Å²) in [7, 11) is -2.29. The summed E-state index contributed by atoms with van der Waals surface area (Å²) in [6.07, 6.45) is 1.46. The topological polar surface area (TPSA) is 102 Å². The van der Waals surface area contributed by atoms with Gasteiger partial charge >= 0.3 is 5.97 Å². The number of nitrogens with zero attached hydrogens (tertiary/aromatic N) is 1. The van der Waals surface area contributed by atoms with Gasteiger partial charge in [-0.25, -0.2) is 13.2 Å². The summed E-state index contributed by atoms with van der Waals surface area (Å²) in [5, 5.41) is 10.5. The molecule has 9 heteroatoms. The van der Waals surface area contributed by atoms with E-state index in [-0.39, 0.29) is 12.3 Å². The second kappa shape index (κ2) is 11.7. The molecule has 0 radical (unpaired) electrons. The molecular weight excluding hydrogens is 542 g/mol. The number of ether oxygens (including phenoxy) is 3. The van der Waals surface area contributed by atoms with E-state index in [4.69, 9.17) is 14.2 Å². The molecule has 1 N–H and O–H groups in total. The van der Waals surface area contributed by atoms with Gasteiger partial charge in [0.15, 0.2) is 6.10 Å². The number of sulfonamides is 1. The molecule has 0 fully saturated rings. The number of hydrogen-bond acceptors (Lipinski definition) is 6. The van der Waals surface area contributed by atoms with Crippen LogP contribution in [0.2, 0.25) is 0 Å². The molecule has 8 nitrogen and oxygen atoms in total. The lowest BCUT2D eigenvalue weighted by molar-refractivity contribution is -0.160. The van der Waals surface area contributed by atoms with Crippen LogP contribution in [0.25, 0.3) is 11.1 Å². The average molecular weight is 582 g/mol. The smallest absolute Gasteiger partial charge is 0.337 e. The number of hydrogen-bond donors (Lipinski definition) is 1. The zero-order valence-corrected chi connectivity index (χ0v) is 25.6. The Bertz CT molecular complexity index is 1540. The molecule has 1 heterocycles. The van der Waals surface area contributed by atoms with E-state index in [2.05, 4.69) is 0 Å². The Morgan fingerprint density at radius 1 is 1.10 bits per heavy atom. The Morgan fingerprint density at radius 3 is 2.39 bits per heavy atom. The minimum atomic E-state index is -3.74. The zero-order valence-electron chi connectivity index (χ0n) is 24.8. The van der Waals surface area contributed by atoms with E-state index in [1.54, 1.807) is 27.7 Å². The molecule has 0 spiro atoms. The van der Waals surface area contributed by atoms with Crippen LogP contribution in [0.4, 0.5) is 5.69 Å². The minimum absolute atomic E-state index is 0.198. The number of aliphatic carboxylic acids is 1. The van der Waals surface area contributed by atoms with Crippen molar-refractivity contribution in [1.82, 2.24) is 0 Å². The number of anilines is 1. The molecule has 0 aromatic heterocycles. The molecule has 1 aliphatic heterocycles.